The number of pyridine rings is 1. The smallest absolute Gasteiger partial charge is 0.278 e. The van der Waals surface area contributed by atoms with Gasteiger partial charge in [-0.2, -0.15) is 0 Å². The highest BCUT2D eigenvalue weighted by Crippen LogP contribution is 2.35. The van der Waals surface area contributed by atoms with Crippen LogP contribution < -0.4 is 10.2 Å². The minimum absolute atomic E-state index is 0.129. The molecule has 2 saturated heterocycles. The largest absolute Gasteiger partial charge is 0.369 e. The fourth-order valence-electron chi connectivity index (χ4n) is 3.82. The maximum atomic E-state index is 11.2. The summed E-state index contributed by atoms with van der Waals surface area (Å²) in [5.74, 6) is 0.669. The van der Waals surface area contributed by atoms with Crippen molar-refractivity contribution in [3.8, 4) is 0 Å². The predicted octanol–water partition coefficient (Wildman–Crippen LogP) is 2.33. The van der Waals surface area contributed by atoms with Gasteiger partial charge in [0, 0.05) is 31.4 Å². The summed E-state index contributed by atoms with van der Waals surface area (Å²) < 4.78 is 0. The number of non-ortho nitro benzene ring substituents is 1. The van der Waals surface area contributed by atoms with Gasteiger partial charge in [-0.1, -0.05) is 0 Å². The Labute approximate surface area is 128 Å². The monoisotopic (exact) mass is 298 g/mol. The second-order valence-corrected chi connectivity index (χ2v) is 6.10. The first-order chi connectivity index (χ1) is 10.7. The number of anilines is 1. The summed E-state index contributed by atoms with van der Waals surface area (Å²) in [5.41, 5.74) is 1.89. The van der Waals surface area contributed by atoms with Gasteiger partial charge >= 0.3 is 0 Å². The third-order valence-electron chi connectivity index (χ3n) is 4.92. The molecule has 114 valence electrons. The first-order valence-electron chi connectivity index (χ1n) is 7.74. The summed E-state index contributed by atoms with van der Waals surface area (Å²) in [7, 11) is 0. The SMILES string of the molecule is O=[N+]([O-])c1ccc(N2CCC3NCCC3C2)c2ncccc12. The number of benzene rings is 1. The molecule has 2 atom stereocenters. The zero-order chi connectivity index (χ0) is 15.1. The van der Waals surface area contributed by atoms with Crippen LogP contribution in [0.15, 0.2) is 30.5 Å². The van der Waals surface area contributed by atoms with Crippen LogP contribution in [0.5, 0.6) is 0 Å². The Morgan fingerprint density at radius 1 is 1.32 bits per heavy atom. The lowest BCUT2D eigenvalue weighted by Crippen LogP contribution is -2.44. The highest BCUT2D eigenvalue weighted by atomic mass is 16.6. The standard InChI is InChI=1S/C16H18N4O2/c21-20(22)14-3-4-15(16-12(14)2-1-7-18-16)19-9-6-13-11(10-19)5-8-17-13/h1-4,7,11,13,17H,5-6,8-10H2. The van der Waals surface area contributed by atoms with Crippen LogP contribution in [-0.2, 0) is 0 Å². The van der Waals surface area contributed by atoms with Crippen LogP contribution in [0, 0.1) is 16.0 Å². The van der Waals surface area contributed by atoms with Crippen molar-refractivity contribution in [2.45, 2.75) is 18.9 Å². The fraction of sp³-hybridized carbons (Fsp3) is 0.438. The van der Waals surface area contributed by atoms with Gasteiger partial charge in [0.15, 0.2) is 0 Å². The molecule has 0 aliphatic carbocycles. The number of fused-ring (bicyclic) bond motifs is 2. The van der Waals surface area contributed by atoms with Crippen molar-refractivity contribution in [3.63, 3.8) is 0 Å². The molecule has 0 saturated carbocycles. The van der Waals surface area contributed by atoms with Gasteiger partial charge in [0.05, 0.1) is 16.0 Å². The van der Waals surface area contributed by atoms with E-state index in [9.17, 15) is 10.1 Å². The molecule has 1 aromatic heterocycles. The summed E-state index contributed by atoms with van der Waals surface area (Å²) in [6.45, 7) is 3.07. The number of piperidine rings is 1. The Morgan fingerprint density at radius 2 is 2.23 bits per heavy atom. The molecule has 2 aromatic rings. The maximum absolute atomic E-state index is 11.2. The van der Waals surface area contributed by atoms with Crippen LogP contribution >= 0.6 is 0 Å². The second-order valence-electron chi connectivity index (χ2n) is 6.10. The molecule has 0 bridgehead atoms. The molecule has 0 amide bonds. The zero-order valence-electron chi connectivity index (χ0n) is 12.2. The molecule has 1 aromatic carbocycles. The highest BCUT2D eigenvalue weighted by Gasteiger charge is 2.33. The van der Waals surface area contributed by atoms with Crippen LogP contribution in [0.4, 0.5) is 11.4 Å². The number of hydrogen-bond acceptors (Lipinski definition) is 5. The first-order valence-corrected chi connectivity index (χ1v) is 7.74. The van der Waals surface area contributed by atoms with Crippen molar-refractivity contribution >= 4 is 22.3 Å². The van der Waals surface area contributed by atoms with Gasteiger partial charge in [-0.25, -0.2) is 0 Å². The highest BCUT2D eigenvalue weighted by molar-refractivity contribution is 5.97. The first kappa shape index (κ1) is 13.5. The van der Waals surface area contributed by atoms with E-state index in [1.807, 2.05) is 6.07 Å². The Hall–Kier alpha value is -2.21. The van der Waals surface area contributed by atoms with Crippen LogP contribution in [0.25, 0.3) is 10.9 Å². The Morgan fingerprint density at radius 3 is 3.09 bits per heavy atom. The summed E-state index contributed by atoms with van der Waals surface area (Å²) in [6.07, 6.45) is 4.04. The zero-order valence-corrected chi connectivity index (χ0v) is 12.2. The van der Waals surface area contributed by atoms with Gasteiger partial charge in [-0.05, 0) is 43.5 Å². The second kappa shape index (κ2) is 5.21. The van der Waals surface area contributed by atoms with E-state index < -0.39 is 0 Å². The van der Waals surface area contributed by atoms with Crippen molar-refractivity contribution in [2.24, 2.45) is 5.92 Å². The van der Waals surface area contributed by atoms with Crippen molar-refractivity contribution in [2.75, 3.05) is 24.5 Å². The quantitative estimate of drug-likeness (QED) is 0.680. The van der Waals surface area contributed by atoms with E-state index >= 15 is 0 Å². The van der Waals surface area contributed by atoms with Gasteiger partial charge in [0.2, 0.25) is 0 Å². The van der Waals surface area contributed by atoms with Crippen LogP contribution in [-0.4, -0.2) is 35.6 Å². The molecule has 2 unspecified atom stereocenters. The van der Waals surface area contributed by atoms with Gasteiger partial charge in [0.25, 0.3) is 5.69 Å². The van der Waals surface area contributed by atoms with Crippen molar-refractivity contribution in [1.29, 1.82) is 0 Å². The minimum atomic E-state index is -0.332. The molecule has 0 spiro atoms. The van der Waals surface area contributed by atoms with E-state index in [0.29, 0.717) is 17.3 Å². The van der Waals surface area contributed by atoms with Crippen molar-refractivity contribution in [1.82, 2.24) is 10.3 Å². The lowest BCUT2D eigenvalue weighted by atomic mass is 9.93. The normalized spacial score (nSPS) is 24.5. The van der Waals surface area contributed by atoms with E-state index in [4.69, 9.17) is 0 Å². The fourth-order valence-corrected chi connectivity index (χ4v) is 3.82. The van der Waals surface area contributed by atoms with Crippen molar-refractivity contribution < 1.29 is 4.92 Å². The number of aromatic nitrogens is 1. The van der Waals surface area contributed by atoms with Gasteiger partial charge < -0.3 is 10.2 Å². The number of hydrogen-bond donors (Lipinski definition) is 1. The topological polar surface area (TPSA) is 71.3 Å². The lowest BCUT2D eigenvalue weighted by molar-refractivity contribution is -0.383. The van der Waals surface area contributed by atoms with Crippen LogP contribution in [0.2, 0.25) is 0 Å². The molecule has 6 nitrogen and oxygen atoms in total. The predicted molar refractivity (Wildman–Crippen MR) is 85.1 cm³/mol. The molecule has 4 rings (SSSR count). The minimum Gasteiger partial charge on any atom is -0.369 e. The average molecular weight is 298 g/mol. The molecule has 2 fully saturated rings. The summed E-state index contributed by atoms with van der Waals surface area (Å²) in [5, 5.41) is 15.4. The van der Waals surface area contributed by atoms with E-state index in [1.165, 1.54) is 6.42 Å². The Kier molecular flexibility index (Phi) is 3.18. The molecule has 6 heteroatoms. The van der Waals surface area contributed by atoms with Gasteiger partial charge in [-0.15, -0.1) is 0 Å². The molecular weight excluding hydrogens is 280 g/mol. The average Bonchev–Trinajstić information content (AvgIpc) is 3.01. The Balaban J connectivity index is 1.76. The molecule has 22 heavy (non-hydrogen) atoms. The van der Waals surface area contributed by atoms with E-state index in [-0.39, 0.29) is 10.6 Å². The molecule has 3 heterocycles. The van der Waals surface area contributed by atoms with Crippen LogP contribution in [0.3, 0.4) is 0 Å². The van der Waals surface area contributed by atoms with E-state index in [0.717, 1.165) is 37.3 Å². The van der Waals surface area contributed by atoms with E-state index in [1.54, 1.807) is 24.4 Å². The molecule has 2 aliphatic rings. The molecule has 1 N–H and O–H groups in total. The van der Waals surface area contributed by atoms with Crippen molar-refractivity contribution in [3.05, 3.63) is 40.6 Å². The number of nitrogens with one attached hydrogen (secondary N) is 1. The third-order valence-corrected chi connectivity index (χ3v) is 4.92. The van der Waals surface area contributed by atoms with Gasteiger partial charge in [-0.3, -0.25) is 15.1 Å². The number of rotatable bonds is 2. The third kappa shape index (κ3) is 2.11. The number of nitrogens with zero attached hydrogens (tertiary/aromatic N) is 3. The maximum Gasteiger partial charge on any atom is 0.278 e. The number of nitro benzene ring substituents is 1. The number of nitro groups is 1. The molecule has 2 aliphatic heterocycles. The summed E-state index contributed by atoms with van der Waals surface area (Å²) in [4.78, 5) is 17.6. The Bertz CT molecular complexity index is 733. The van der Waals surface area contributed by atoms with Gasteiger partial charge in [0.1, 0.15) is 5.52 Å². The van der Waals surface area contributed by atoms with E-state index in [2.05, 4.69) is 15.2 Å². The summed E-state index contributed by atoms with van der Waals surface area (Å²) >= 11 is 0. The summed E-state index contributed by atoms with van der Waals surface area (Å²) in [6, 6.07) is 7.64. The van der Waals surface area contributed by atoms with Crippen LogP contribution in [0.1, 0.15) is 12.8 Å². The molecule has 0 radical (unpaired) electrons. The lowest BCUT2D eigenvalue weighted by Gasteiger charge is -2.36. The molecular formula is C16H18N4O2.